The first kappa shape index (κ1) is 15.1. The highest BCUT2D eigenvalue weighted by Gasteiger charge is 2.44. The summed E-state index contributed by atoms with van der Waals surface area (Å²) in [6.45, 7) is 6.83. The van der Waals surface area contributed by atoms with E-state index in [2.05, 4.69) is 31.6 Å². The molecule has 1 saturated carbocycles. The van der Waals surface area contributed by atoms with Crippen LogP contribution < -0.4 is 15.5 Å². The molecule has 6 heteroatoms. The average Bonchev–Trinajstić information content (AvgIpc) is 2.60. The molecular weight excluding hydrogens is 290 g/mol. The third-order valence-corrected chi connectivity index (χ3v) is 5.67. The number of nitrogens with one attached hydrogen (secondary N) is 2. The van der Waals surface area contributed by atoms with Crippen molar-refractivity contribution in [2.75, 3.05) is 56.2 Å². The van der Waals surface area contributed by atoms with Crippen molar-refractivity contribution in [2.24, 2.45) is 11.3 Å². The average molecular weight is 317 g/mol. The highest BCUT2D eigenvalue weighted by Crippen LogP contribution is 2.51. The van der Waals surface area contributed by atoms with Gasteiger partial charge in [0.1, 0.15) is 18.0 Å². The Morgan fingerprint density at radius 3 is 2.78 bits per heavy atom. The normalized spacial score (nSPS) is 24.4. The monoisotopic (exact) mass is 317 g/mol. The molecule has 2 N–H and O–H groups in total. The van der Waals surface area contributed by atoms with Crippen LogP contribution in [0.1, 0.15) is 25.7 Å². The Morgan fingerprint density at radius 2 is 2.00 bits per heavy atom. The molecule has 3 heterocycles. The zero-order valence-electron chi connectivity index (χ0n) is 13.8. The fourth-order valence-electron chi connectivity index (χ4n) is 4.33. The van der Waals surface area contributed by atoms with E-state index in [1.54, 1.807) is 6.33 Å². The van der Waals surface area contributed by atoms with Gasteiger partial charge in [-0.15, -0.1) is 0 Å². The number of morpholine rings is 1. The van der Waals surface area contributed by atoms with Crippen LogP contribution in [0.15, 0.2) is 12.4 Å². The van der Waals surface area contributed by atoms with Gasteiger partial charge in [-0.1, -0.05) is 0 Å². The maximum Gasteiger partial charge on any atom is 0.134 e. The number of nitrogens with zero attached hydrogens (tertiary/aromatic N) is 3. The lowest BCUT2D eigenvalue weighted by atomic mass is 9.58. The molecule has 3 fully saturated rings. The van der Waals surface area contributed by atoms with E-state index in [0.717, 1.165) is 50.4 Å². The second-order valence-corrected chi connectivity index (χ2v) is 7.27. The molecule has 0 amide bonds. The molecule has 6 nitrogen and oxygen atoms in total. The van der Waals surface area contributed by atoms with Gasteiger partial charge in [0.25, 0.3) is 0 Å². The van der Waals surface area contributed by atoms with Crippen LogP contribution in [0, 0.1) is 11.3 Å². The number of ether oxygens (including phenoxy) is 1. The van der Waals surface area contributed by atoms with Gasteiger partial charge in [-0.2, -0.15) is 0 Å². The van der Waals surface area contributed by atoms with Crippen molar-refractivity contribution >= 4 is 11.6 Å². The molecule has 2 aliphatic heterocycles. The molecule has 1 aromatic heterocycles. The van der Waals surface area contributed by atoms with Crippen LogP contribution in [-0.4, -0.2) is 55.9 Å². The molecule has 0 radical (unpaired) electrons. The van der Waals surface area contributed by atoms with Crippen LogP contribution in [0.3, 0.4) is 0 Å². The first-order valence-electron chi connectivity index (χ1n) is 8.92. The van der Waals surface area contributed by atoms with Gasteiger partial charge >= 0.3 is 0 Å². The van der Waals surface area contributed by atoms with E-state index >= 15 is 0 Å². The van der Waals surface area contributed by atoms with Gasteiger partial charge in [-0.25, -0.2) is 9.97 Å². The Labute approximate surface area is 138 Å². The summed E-state index contributed by atoms with van der Waals surface area (Å²) in [5.41, 5.74) is 0.655. The van der Waals surface area contributed by atoms with Gasteiger partial charge in [0.15, 0.2) is 0 Å². The van der Waals surface area contributed by atoms with E-state index in [-0.39, 0.29) is 0 Å². The Bertz CT molecular complexity index is 517. The van der Waals surface area contributed by atoms with Gasteiger partial charge in [0.2, 0.25) is 0 Å². The molecule has 0 atom stereocenters. The van der Waals surface area contributed by atoms with E-state index < -0.39 is 0 Å². The van der Waals surface area contributed by atoms with Gasteiger partial charge in [0.05, 0.1) is 13.2 Å². The number of hydrogen-bond acceptors (Lipinski definition) is 6. The van der Waals surface area contributed by atoms with Crippen LogP contribution in [0.25, 0.3) is 0 Å². The lowest BCUT2D eigenvalue weighted by molar-refractivity contribution is 0.0285. The van der Waals surface area contributed by atoms with Crippen molar-refractivity contribution in [1.82, 2.24) is 15.3 Å². The lowest BCUT2D eigenvalue weighted by Crippen LogP contribution is -2.47. The first-order chi connectivity index (χ1) is 11.3. The van der Waals surface area contributed by atoms with Crippen LogP contribution in [0.5, 0.6) is 0 Å². The minimum Gasteiger partial charge on any atom is -0.378 e. The smallest absolute Gasteiger partial charge is 0.134 e. The van der Waals surface area contributed by atoms with E-state index in [9.17, 15) is 0 Å². The van der Waals surface area contributed by atoms with Crippen molar-refractivity contribution in [1.29, 1.82) is 0 Å². The molecule has 23 heavy (non-hydrogen) atoms. The summed E-state index contributed by atoms with van der Waals surface area (Å²) in [5.74, 6) is 2.76. The van der Waals surface area contributed by atoms with E-state index in [1.165, 1.54) is 38.8 Å². The minimum absolute atomic E-state index is 0.655. The summed E-state index contributed by atoms with van der Waals surface area (Å²) in [5, 5.41) is 7.00. The Kier molecular flexibility index (Phi) is 4.35. The molecule has 2 saturated heterocycles. The molecule has 0 unspecified atom stereocenters. The van der Waals surface area contributed by atoms with Gasteiger partial charge < -0.3 is 20.3 Å². The highest BCUT2D eigenvalue weighted by molar-refractivity contribution is 5.48. The summed E-state index contributed by atoms with van der Waals surface area (Å²) in [6.07, 6.45) is 7.14. The molecule has 0 bridgehead atoms. The fraction of sp³-hybridized carbons (Fsp3) is 0.765. The molecule has 1 aromatic rings. The zero-order chi connectivity index (χ0) is 15.5. The second-order valence-electron chi connectivity index (χ2n) is 7.27. The lowest BCUT2D eigenvalue weighted by Gasteiger charge is -2.50. The molecule has 1 spiro atoms. The van der Waals surface area contributed by atoms with Crippen molar-refractivity contribution in [3.8, 4) is 0 Å². The standard InChI is InChI=1S/C17H27N5O/c1-3-18-4-2-17(1)10-14(11-17)12-19-15-9-16(21-13-20-15)22-5-7-23-8-6-22/h9,13-14,18H,1-8,10-12H2,(H,19,20,21). The minimum atomic E-state index is 0.655. The highest BCUT2D eigenvalue weighted by atomic mass is 16.5. The predicted octanol–water partition coefficient (Wildman–Crippen LogP) is 1.50. The van der Waals surface area contributed by atoms with E-state index in [1.807, 2.05) is 0 Å². The van der Waals surface area contributed by atoms with E-state index in [0.29, 0.717) is 5.41 Å². The van der Waals surface area contributed by atoms with E-state index in [4.69, 9.17) is 4.74 Å². The second kappa shape index (κ2) is 6.61. The molecule has 126 valence electrons. The number of aromatic nitrogens is 2. The Morgan fingerprint density at radius 1 is 1.22 bits per heavy atom. The van der Waals surface area contributed by atoms with Crippen LogP contribution >= 0.6 is 0 Å². The molecular formula is C17H27N5O. The molecule has 3 aliphatic rings. The molecule has 1 aliphatic carbocycles. The largest absolute Gasteiger partial charge is 0.378 e. The summed E-state index contributed by atoms with van der Waals surface area (Å²) >= 11 is 0. The quantitative estimate of drug-likeness (QED) is 0.878. The maximum absolute atomic E-state index is 5.40. The third-order valence-electron chi connectivity index (χ3n) is 5.67. The number of rotatable bonds is 4. The zero-order valence-corrected chi connectivity index (χ0v) is 13.8. The van der Waals surface area contributed by atoms with Crippen molar-refractivity contribution in [3.63, 3.8) is 0 Å². The Hall–Kier alpha value is -1.40. The van der Waals surface area contributed by atoms with Crippen molar-refractivity contribution in [3.05, 3.63) is 12.4 Å². The van der Waals surface area contributed by atoms with Gasteiger partial charge in [-0.3, -0.25) is 0 Å². The Balaban J connectivity index is 1.28. The van der Waals surface area contributed by atoms with Crippen LogP contribution in [0.2, 0.25) is 0 Å². The summed E-state index contributed by atoms with van der Waals surface area (Å²) in [6, 6.07) is 2.07. The van der Waals surface area contributed by atoms with Gasteiger partial charge in [-0.05, 0) is 50.1 Å². The first-order valence-corrected chi connectivity index (χ1v) is 8.92. The number of anilines is 2. The van der Waals surface area contributed by atoms with Crippen LogP contribution in [0.4, 0.5) is 11.6 Å². The van der Waals surface area contributed by atoms with Crippen molar-refractivity contribution in [2.45, 2.75) is 25.7 Å². The maximum atomic E-state index is 5.40. The third kappa shape index (κ3) is 3.43. The van der Waals surface area contributed by atoms with Crippen molar-refractivity contribution < 1.29 is 4.74 Å². The predicted molar refractivity (Wildman–Crippen MR) is 90.8 cm³/mol. The molecule has 4 rings (SSSR count). The summed E-state index contributed by atoms with van der Waals surface area (Å²) in [7, 11) is 0. The number of hydrogen-bond donors (Lipinski definition) is 2. The summed E-state index contributed by atoms with van der Waals surface area (Å²) in [4.78, 5) is 11.1. The SMILES string of the molecule is c1nc(NCC2CC3(CCNCC3)C2)cc(N2CCOCC2)n1. The fourth-order valence-corrected chi connectivity index (χ4v) is 4.33. The topological polar surface area (TPSA) is 62.3 Å². The van der Waals surface area contributed by atoms with Crippen LogP contribution in [-0.2, 0) is 4.74 Å². The number of piperidine rings is 1. The van der Waals surface area contributed by atoms with Gasteiger partial charge in [0, 0.05) is 25.7 Å². The molecule has 0 aromatic carbocycles. The summed E-state index contributed by atoms with van der Waals surface area (Å²) < 4.78 is 5.40.